The van der Waals surface area contributed by atoms with Crippen LogP contribution in [0.25, 0.3) is 0 Å². The van der Waals surface area contributed by atoms with Crippen LogP contribution in [0.3, 0.4) is 0 Å². The molecule has 1 heterocycles. The quantitative estimate of drug-likeness (QED) is 0.598. The van der Waals surface area contributed by atoms with Gasteiger partial charge in [-0.05, 0) is 25.0 Å². The molecule has 12 heavy (non-hydrogen) atoms. The zero-order valence-electron chi connectivity index (χ0n) is 7.54. The number of rotatable bonds is 3. The fraction of sp³-hybridized carbons (Fsp3) is 0.600. The standard InChI is InChI=1S/C10H14O2/c1-3-7-11-10-6-4-5-8(2)9(10)12-10/h4-6,9H,3,7H2,1-2H3. The number of fused-ring (bicyclic) bond motifs is 1. The summed E-state index contributed by atoms with van der Waals surface area (Å²) in [5.74, 6) is -0.380. The third kappa shape index (κ3) is 1.11. The lowest BCUT2D eigenvalue weighted by Crippen LogP contribution is -2.19. The van der Waals surface area contributed by atoms with Gasteiger partial charge in [-0.1, -0.05) is 19.1 Å². The second-order valence-electron chi connectivity index (χ2n) is 3.34. The lowest BCUT2D eigenvalue weighted by molar-refractivity contribution is -0.00766. The zero-order valence-corrected chi connectivity index (χ0v) is 7.54. The van der Waals surface area contributed by atoms with E-state index in [2.05, 4.69) is 19.9 Å². The highest BCUT2D eigenvalue weighted by Crippen LogP contribution is 2.45. The minimum absolute atomic E-state index is 0.189. The van der Waals surface area contributed by atoms with Crippen molar-refractivity contribution in [3.63, 3.8) is 0 Å². The first-order valence-corrected chi connectivity index (χ1v) is 4.46. The number of hydrogen-bond donors (Lipinski definition) is 0. The van der Waals surface area contributed by atoms with Crippen molar-refractivity contribution in [2.45, 2.75) is 32.2 Å². The van der Waals surface area contributed by atoms with Crippen molar-refractivity contribution >= 4 is 0 Å². The van der Waals surface area contributed by atoms with Crippen LogP contribution >= 0.6 is 0 Å². The molecule has 0 aromatic rings. The molecular formula is C10H14O2. The SMILES string of the molecule is CCCOC12C=CC=C(C)C1O2. The normalized spacial score (nSPS) is 37.5. The predicted octanol–water partition coefficient (Wildman–Crippen LogP) is 2.02. The molecule has 0 aromatic heterocycles. The molecule has 2 atom stereocenters. The van der Waals surface area contributed by atoms with Crippen LogP contribution in [-0.4, -0.2) is 18.5 Å². The summed E-state index contributed by atoms with van der Waals surface area (Å²) < 4.78 is 11.1. The number of hydrogen-bond acceptors (Lipinski definition) is 2. The van der Waals surface area contributed by atoms with E-state index < -0.39 is 0 Å². The molecule has 1 saturated heterocycles. The minimum Gasteiger partial charge on any atom is -0.344 e. The second-order valence-corrected chi connectivity index (χ2v) is 3.34. The summed E-state index contributed by atoms with van der Waals surface area (Å²) in [6.07, 6.45) is 7.31. The van der Waals surface area contributed by atoms with Crippen molar-refractivity contribution in [2.24, 2.45) is 0 Å². The Bertz CT molecular complexity index is 242. The van der Waals surface area contributed by atoms with Gasteiger partial charge in [0.25, 0.3) is 0 Å². The molecule has 0 N–H and O–H groups in total. The Balaban J connectivity index is 2.01. The van der Waals surface area contributed by atoms with Gasteiger partial charge < -0.3 is 9.47 Å². The number of epoxide rings is 1. The molecule has 2 nitrogen and oxygen atoms in total. The van der Waals surface area contributed by atoms with Gasteiger partial charge in [-0.15, -0.1) is 0 Å². The maximum absolute atomic E-state index is 5.61. The van der Waals surface area contributed by atoms with Crippen molar-refractivity contribution in [3.05, 3.63) is 23.8 Å². The van der Waals surface area contributed by atoms with Crippen molar-refractivity contribution in [1.82, 2.24) is 0 Å². The van der Waals surface area contributed by atoms with E-state index in [-0.39, 0.29) is 11.9 Å². The van der Waals surface area contributed by atoms with Crippen LogP contribution in [0.4, 0.5) is 0 Å². The van der Waals surface area contributed by atoms with Gasteiger partial charge in [-0.25, -0.2) is 0 Å². The first-order valence-electron chi connectivity index (χ1n) is 4.46. The summed E-state index contributed by atoms with van der Waals surface area (Å²) >= 11 is 0. The van der Waals surface area contributed by atoms with Gasteiger partial charge in [0.15, 0.2) is 0 Å². The van der Waals surface area contributed by atoms with E-state index in [1.807, 2.05) is 12.2 Å². The van der Waals surface area contributed by atoms with Gasteiger partial charge in [0.05, 0.1) is 6.61 Å². The molecule has 0 saturated carbocycles. The average molecular weight is 166 g/mol. The first kappa shape index (κ1) is 8.02. The average Bonchev–Trinajstić information content (AvgIpc) is 2.78. The van der Waals surface area contributed by atoms with Gasteiger partial charge in [0.1, 0.15) is 6.10 Å². The fourth-order valence-corrected chi connectivity index (χ4v) is 1.53. The van der Waals surface area contributed by atoms with Crippen molar-refractivity contribution < 1.29 is 9.47 Å². The highest BCUT2D eigenvalue weighted by molar-refractivity contribution is 5.33. The van der Waals surface area contributed by atoms with Crippen LogP contribution in [-0.2, 0) is 9.47 Å². The van der Waals surface area contributed by atoms with Crippen molar-refractivity contribution in [1.29, 1.82) is 0 Å². The van der Waals surface area contributed by atoms with Crippen LogP contribution in [0, 0.1) is 0 Å². The summed E-state index contributed by atoms with van der Waals surface area (Å²) in [6.45, 7) is 4.95. The summed E-state index contributed by atoms with van der Waals surface area (Å²) in [6, 6.07) is 0. The van der Waals surface area contributed by atoms with E-state index in [1.54, 1.807) is 0 Å². The summed E-state index contributed by atoms with van der Waals surface area (Å²) in [4.78, 5) is 0. The summed E-state index contributed by atoms with van der Waals surface area (Å²) in [7, 11) is 0. The molecule has 0 spiro atoms. The smallest absolute Gasteiger partial charge is 0.220 e. The molecule has 2 heteroatoms. The molecule has 1 fully saturated rings. The van der Waals surface area contributed by atoms with Gasteiger partial charge in [-0.2, -0.15) is 0 Å². The topological polar surface area (TPSA) is 21.8 Å². The Labute approximate surface area is 72.9 Å². The Morgan fingerprint density at radius 2 is 2.50 bits per heavy atom. The second kappa shape index (κ2) is 2.71. The highest BCUT2D eigenvalue weighted by atomic mass is 16.8. The van der Waals surface area contributed by atoms with Gasteiger partial charge in [-0.3, -0.25) is 0 Å². The Morgan fingerprint density at radius 1 is 1.67 bits per heavy atom. The highest BCUT2D eigenvalue weighted by Gasteiger charge is 2.57. The number of ether oxygens (including phenoxy) is 2. The van der Waals surface area contributed by atoms with E-state index in [9.17, 15) is 0 Å². The maximum atomic E-state index is 5.61. The molecule has 0 amide bonds. The largest absolute Gasteiger partial charge is 0.344 e. The lowest BCUT2D eigenvalue weighted by atomic mass is 10.0. The van der Waals surface area contributed by atoms with E-state index in [1.165, 1.54) is 5.57 Å². The van der Waals surface area contributed by atoms with E-state index in [4.69, 9.17) is 9.47 Å². The summed E-state index contributed by atoms with van der Waals surface area (Å²) in [5.41, 5.74) is 1.26. The van der Waals surface area contributed by atoms with Crippen LogP contribution < -0.4 is 0 Å². The molecule has 0 bridgehead atoms. The Morgan fingerprint density at radius 3 is 3.25 bits per heavy atom. The molecule has 0 aromatic carbocycles. The van der Waals surface area contributed by atoms with E-state index >= 15 is 0 Å². The van der Waals surface area contributed by atoms with Gasteiger partial charge >= 0.3 is 0 Å². The van der Waals surface area contributed by atoms with Crippen molar-refractivity contribution in [2.75, 3.05) is 6.61 Å². The molecule has 66 valence electrons. The zero-order chi connectivity index (χ0) is 8.60. The van der Waals surface area contributed by atoms with Crippen LogP contribution in [0.1, 0.15) is 20.3 Å². The molecule has 1 aliphatic carbocycles. The Kier molecular flexibility index (Phi) is 1.81. The molecule has 2 rings (SSSR count). The molecule has 1 aliphatic heterocycles. The van der Waals surface area contributed by atoms with Crippen LogP contribution in [0.5, 0.6) is 0 Å². The number of allylic oxidation sites excluding steroid dienone is 2. The first-order chi connectivity index (χ1) is 5.78. The predicted molar refractivity (Wildman–Crippen MR) is 46.7 cm³/mol. The van der Waals surface area contributed by atoms with Crippen molar-refractivity contribution in [3.8, 4) is 0 Å². The molecule has 2 aliphatic rings. The van der Waals surface area contributed by atoms with E-state index in [0.29, 0.717) is 0 Å². The summed E-state index contributed by atoms with van der Waals surface area (Å²) in [5, 5.41) is 0. The van der Waals surface area contributed by atoms with E-state index in [0.717, 1.165) is 13.0 Å². The third-order valence-electron chi connectivity index (χ3n) is 2.24. The van der Waals surface area contributed by atoms with Crippen LogP contribution in [0.15, 0.2) is 23.8 Å². The van der Waals surface area contributed by atoms with Crippen LogP contribution in [0.2, 0.25) is 0 Å². The molecular weight excluding hydrogens is 152 g/mol. The Hall–Kier alpha value is -0.600. The monoisotopic (exact) mass is 166 g/mol. The maximum Gasteiger partial charge on any atom is 0.220 e. The minimum atomic E-state index is -0.380. The third-order valence-corrected chi connectivity index (χ3v) is 2.24. The van der Waals surface area contributed by atoms with Gasteiger partial charge in [0.2, 0.25) is 5.79 Å². The molecule has 2 unspecified atom stereocenters. The molecule has 0 radical (unpaired) electrons. The van der Waals surface area contributed by atoms with Gasteiger partial charge in [0, 0.05) is 0 Å². The fourth-order valence-electron chi connectivity index (χ4n) is 1.53. The lowest BCUT2D eigenvalue weighted by Gasteiger charge is -2.11.